The summed E-state index contributed by atoms with van der Waals surface area (Å²) >= 11 is 4.27. The first-order valence-electron chi connectivity index (χ1n) is 11.7. The molecule has 0 saturated carbocycles. The van der Waals surface area contributed by atoms with Crippen LogP contribution in [-0.4, -0.2) is 30.1 Å². The molecule has 35 heavy (non-hydrogen) atoms. The number of carbonyl (C=O) groups is 3. The molecule has 2 aromatic heterocycles. The zero-order valence-corrected chi connectivity index (χ0v) is 22.0. The molecule has 3 aromatic rings. The van der Waals surface area contributed by atoms with Crippen LogP contribution < -0.4 is 10.6 Å². The number of esters is 1. The van der Waals surface area contributed by atoms with Gasteiger partial charge in [0.2, 0.25) is 5.91 Å². The lowest BCUT2D eigenvalue weighted by Crippen LogP contribution is -2.17. The van der Waals surface area contributed by atoms with Crippen molar-refractivity contribution < 1.29 is 19.1 Å². The summed E-state index contributed by atoms with van der Waals surface area (Å²) in [5.41, 5.74) is 2.26. The number of aryl methyl sites for hydroxylation is 1. The van der Waals surface area contributed by atoms with Gasteiger partial charge in [-0.25, -0.2) is 4.79 Å². The van der Waals surface area contributed by atoms with Gasteiger partial charge in [-0.1, -0.05) is 25.0 Å². The fourth-order valence-electron chi connectivity index (χ4n) is 4.00. The number of carbonyl (C=O) groups excluding carboxylic acids is 3. The number of hydrogen-bond acceptors (Lipinski definition) is 7. The summed E-state index contributed by atoms with van der Waals surface area (Å²) in [6, 6.07) is 11.0. The summed E-state index contributed by atoms with van der Waals surface area (Å²) in [7, 11) is 0. The Hall–Kier alpha value is -2.62. The smallest absolute Gasteiger partial charge is 0.341 e. The van der Waals surface area contributed by atoms with Gasteiger partial charge in [0.15, 0.2) is 0 Å². The molecule has 0 aliphatic heterocycles. The van der Waals surface area contributed by atoms with Crippen molar-refractivity contribution in [3.05, 3.63) is 62.7 Å². The Labute approximate surface area is 217 Å². The number of nitrogens with one attached hydrogen (secondary N) is 2. The van der Waals surface area contributed by atoms with E-state index in [1.807, 2.05) is 35.7 Å². The Balaban J connectivity index is 1.42. The zero-order valence-electron chi connectivity index (χ0n) is 19.6. The SMILES string of the molecule is CCOC(=O)c1c(NC(=O)CSc2cccc(NC(=O)c3cccs3)c2)sc2c1CCCCCC2. The van der Waals surface area contributed by atoms with Crippen molar-refractivity contribution in [3.8, 4) is 0 Å². The van der Waals surface area contributed by atoms with Gasteiger partial charge >= 0.3 is 5.97 Å². The molecule has 1 aliphatic carbocycles. The van der Waals surface area contributed by atoms with E-state index in [2.05, 4.69) is 10.6 Å². The van der Waals surface area contributed by atoms with Gasteiger partial charge in [-0.15, -0.1) is 34.4 Å². The van der Waals surface area contributed by atoms with Crippen LogP contribution in [0.1, 0.15) is 63.1 Å². The average molecular weight is 529 g/mol. The molecule has 0 spiro atoms. The van der Waals surface area contributed by atoms with E-state index >= 15 is 0 Å². The van der Waals surface area contributed by atoms with E-state index in [1.165, 1.54) is 45.7 Å². The first kappa shape index (κ1) is 25.5. The monoisotopic (exact) mass is 528 g/mol. The number of hydrogen-bond donors (Lipinski definition) is 2. The normalized spacial score (nSPS) is 13.3. The van der Waals surface area contributed by atoms with Gasteiger partial charge in [-0.05, 0) is 67.8 Å². The molecule has 184 valence electrons. The van der Waals surface area contributed by atoms with E-state index < -0.39 is 0 Å². The summed E-state index contributed by atoms with van der Waals surface area (Å²) in [5, 5.41) is 8.32. The Morgan fingerprint density at radius 3 is 2.63 bits per heavy atom. The molecular weight excluding hydrogens is 500 g/mol. The van der Waals surface area contributed by atoms with Crippen LogP contribution in [0.5, 0.6) is 0 Å². The molecule has 2 N–H and O–H groups in total. The Bertz CT molecular complexity index is 1190. The molecule has 4 rings (SSSR count). The fourth-order valence-corrected chi connectivity index (χ4v) is 6.67. The highest BCUT2D eigenvalue weighted by Gasteiger charge is 2.26. The number of benzene rings is 1. The predicted molar refractivity (Wildman–Crippen MR) is 144 cm³/mol. The highest BCUT2D eigenvalue weighted by molar-refractivity contribution is 8.00. The van der Waals surface area contributed by atoms with Gasteiger partial charge in [-0.2, -0.15) is 0 Å². The standard InChI is InChI=1S/C26H28N2O4S3/c1-2-32-26(31)23-19-11-5-3-4-6-12-20(19)35-25(23)28-22(29)16-34-18-10-7-9-17(15-18)27-24(30)21-13-8-14-33-21/h7-10,13-15H,2-6,11-12,16H2,1H3,(H,27,30)(H,28,29). The van der Waals surface area contributed by atoms with Crippen molar-refractivity contribution in [2.75, 3.05) is 23.0 Å². The number of thiophene rings is 2. The quantitative estimate of drug-likeness (QED) is 0.253. The highest BCUT2D eigenvalue weighted by Crippen LogP contribution is 2.38. The van der Waals surface area contributed by atoms with Crippen LogP contribution in [0.4, 0.5) is 10.7 Å². The average Bonchev–Trinajstić information content (AvgIpc) is 3.47. The molecule has 6 nitrogen and oxygen atoms in total. The maximum absolute atomic E-state index is 12.8. The number of rotatable bonds is 8. The minimum atomic E-state index is -0.359. The molecule has 0 fully saturated rings. The number of thioether (sulfide) groups is 1. The van der Waals surface area contributed by atoms with Crippen molar-refractivity contribution in [2.45, 2.75) is 50.3 Å². The summed E-state index contributed by atoms with van der Waals surface area (Å²) in [5.74, 6) is -0.502. The van der Waals surface area contributed by atoms with E-state index in [4.69, 9.17) is 4.74 Å². The number of anilines is 2. The van der Waals surface area contributed by atoms with Crippen LogP contribution in [0.3, 0.4) is 0 Å². The van der Waals surface area contributed by atoms with E-state index in [0.29, 0.717) is 27.7 Å². The summed E-state index contributed by atoms with van der Waals surface area (Å²) in [4.78, 5) is 40.6. The van der Waals surface area contributed by atoms with Crippen LogP contribution in [-0.2, 0) is 22.4 Å². The summed E-state index contributed by atoms with van der Waals surface area (Å²) in [6.45, 7) is 2.09. The molecule has 0 bridgehead atoms. The highest BCUT2D eigenvalue weighted by atomic mass is 32.2. The minimum absolute atomic E-state index is 0.153. The van der Waals surface area contributed by atoms with Crippen molar-refractivity contribution in [1.29, 1.82) is 0 Å². The lowest BCUT2D eigenvalue weighted by Gasteiger charge is -2.11. The third-order valence-electron chi connectivity index (χ3n) is 5.61. The van der Waals surface area contributed by atoms with Gasteiger partial charge in [0.1, 0.15) is 5.00 Å². The molecule has 1 aliphatic rings. The largest absolute Gasteiger partial charge is 0.462 e. The lowest BCUT2D eigenvalue weighted by molar-refractivity contribution is -0.113. The second-order valence-corrected chi connectivity index (χ2v) is 11.2. The van der Waals surface area contributed by atoms with E-state index in [0.717, 1.165) is 42.6 Å². The second kappa shape index (κ2) is 12.4. The third-order valence-corrected chi connectivity index (χ3v) is 8.68. The first-order valence-corrected chi connectivity index (χ1v) is 14.4. The van der Waals surface area contributed by atoms with Crippen LogP contribution in [0.25, 0.3) is 0 Å². The molecule has 0 radical (unpaired) electrons. The second-order valence-electron chi connectivity index (χ2n) is 8.14. The van der Waals surface area contributed by atoms with Gasteiger partial charge in [0.05, 0.1) is 22.8 Å². The van der Waals surface area contributed by atoms with Crippen LogP contribution in [0.15, 0.2) is 46.7 Å². The number of amides is 2. The molecule has 0 atom stereocenters. The Morgan fingerprint density at radius 2 is 1.86 bits per heavy atom. The van der Waals surface area contributed by atoms with Crippen molar-refractivity contribution in [2.24, 2.45) is 0 Å². The minimum Gasteiger partial charge on any atom is -0.462 e. The van der Waals surface area contributed by atoms with Crippen LogP contribution in [0.2, 0.25) is 0 Å². The summed E-state index contributed by atoms with van der Waals surface area (Å²) in [6.07, 6.45) is 6.26. The maximum Gasteiger partial charge on any atom is 0.341 e. The molecule has 0 saturated heterocycles. The van der Waals surface area contributed by atoms with Crippen molar-refractivity contribution in [3.63, 3.8) is 0 Å². The molecular formula is C26H28N2O4S3. The van der Waals surface area contributed by atoms with Crippen LogP contribution >= 0.6 is 34.4 Å². The van der Waals surface area contributed by atoms with E-state index in [-0.39, 0.29) is 23.5 Å². The molecule has 2 amide bonds. The number of ether oxygens (including phenoxy) is 1. The Morgan fingerprint density at radius 1 is 1.03 bits per heavy atom. The van der Waals surface area contributed by atoms with Gasteiger partial charge in [-0.3, -0.25) is 9.59 Å². The molecule has 1 aromatic carbocycles. The molecule has 2 heterocycles. The summed E-state index contributed by atoms with van der Waals surface area (Å²) < 4.78 is 5.33. The first-order chi connectivity index (χ1) is 17.0. The topological polar surface area (TPSA) is 84.5 Å². The van der Waals surface area contributed by atoms with Gasteiger partial charge in [0, 0.05) is 15.5 Å². The van der Waals surface area contributed by atoms with Crippen molar-refractivity contribution >= 4 is 62.9 Å². The van der Waals surface area contributed by atoms with E-state index in [1.54, 1.807) is 13.0 Å². The van der Waals surface area contributed by atoms with Crippen molar-refractivity contribution in [1.82, 2.24) is 0 Å². The third kappa shape index (κ3) is 6.74. The Kier molecular flexibility index (Phi) is 9.01. The van der Waals surface area contributed by atoms with Gasteiger partial charge < -0.3 is 15.4 Å². The zero-order chi connectivity index (χ0) is 24.6. The number of fused-ring (bicyclic) bond motifs is 1. The fraction of sp³-hybridized carbons (Fsp3) is 0.346. The maximum atomic E-state index is 12.8. The predicted octanol–water partition coefficient (Wildman–Crippen LogP) is 6.63. The van der Waals surface area contributed by atoms with Gasteiger partial charge in [0.25, 0.3) is 5.91 Å². The molecule has 0 unspecified atom stereocenters. The van der Waals surface area contributed by atoms with Crippen LogP contribution in [0, 0.1) is 0 Å². The molecule has 9 heteroatoms. The van der Waals surface area contributed by atoms with E-state index in [9.17, 15) is 14.4 Å². The lowest BCUT2D eigenvalue weighted by atomic mass is 9.96.